The van der Waals surface area contributed by atoms with Crippen LogP contribution in [0.25, 0.3) is 6.08 Å². The molecule has 136 valence electrons. The molecule has 1 saturated heterocycles. The SMILES string of the molecule is O=C(C=Cc1ccccn1)Nc1ccc(Cl)c(S(=O)(=O)N2CCCC2)c1. The first-order chi connectivity index (χ1) is 12.5. The van der Waals surface area contributed by atoms with Gasteiger partial charge >= 0.3 is 0 Å². The van der Waals surface area contributed by atoms with Crippen molar-refractivity contribution < 1.29 is 13.2 Å². The number of carbonyl (C=O) groups excluding carboxylic acids is 1. The van der Waals surface area contributed by atoms with Crippen molar-refractivity contribution in [1.82, 2.24) is 9.29 Å². The van der Waals surface area contributed by atoms with Gasteiger partial charge in [-0.1, -0.05) is 17.7 Å². The van der Waals surface area contributed by atoms with Crippen molar-refractivity contribution in [1.29, 1.82) is 0 Å². The molecular formula is C18H18ClN3O3S. The van der Waals surface area contributed by atoms with Gasteiger partial charge in [-0.05, 0) is 49.2 Å². The van der Waals surface area contributed by atoms with E-state index in [1.54, 1.807) is 30.5 Å². The smallest absolute Gasteiger partial charge is 0.248 e. The summed E-state index contributed by atoms with van der Waals surface area (Å²) in [6, 6.07) is 9.81. The van der Waals surface area contributed by atoms with Crippen LogP contribution in [-0.4, -0.2) is 36.7 Å². The highest BCUT2D eigenvalue weighted by molar-refractivity contribution is 7.89. The summed E-state index contributed by atoms with van der Waals surface area (Å²) in [4.78, 5) is 16.2. The Morgan fingerprint density at radius 2 is 1.96 bits per heavy atom. The Morgan fingerprint density at radius 1 is 1.19 bits per heavy atom. The lowest BCUT2D eigenvalue weighted by atomic mass is 10.3. The summed E-state index contributed by atoms with van der Waals surface area (Å²) in [5, 5.41) is 2.79. The first-order valence-electron chi connectivity index (χ1n) is 8.16. The molecule has 1 aliphatic rings. The Balaban J connectivity index is 1.77. The van der Waals surface area contributed by atoms with Crippen molar-refractivity contribution in [2.45, 2.75) is 17.7 Å². The summed E-state index contributed by atoms with van der Waals surface area (Å²) in [6.45, 7) is 0.976. The molecule has 0 bridgehead atoms. The van der Waals surface area contributed by atoms with E-state index in [1.807, 2.05) is 6.07 Å². The number of nitrogens with one attached hydrogen (secondary N) is 1. The van der Waals surface area contributed by atoms with Crippen molar-refractivity contribution in [2.75, 3.05) is 18.4 Å². The number of sulfonamides is 1. The molecule has 1 N–H and O–H groups in total. The van der Waals surface area contributed by atoms with Crippen LogP contribution in [0.3, 0.4) is 0 Å². The number of halogens is 1. The number of hydrogen-bond donors (Lipinski definition) is 1. The van der Waals surface area contributed by atoms with Crippen molar-refractivity contribution in [2.24, 2.45) is 0 Å². The van der Waals surface area contributed by atoms with Crippen LogP contribution in [0, 0.1) is 0 Å². The number of rotatable bonds is 5. The zero-order chi connectivity index (χ0) is 18.6. The highest BCUT2D eigenvalue weighted by Crippen LogP contribution is 2.29. The molecule has 0 saturated carbocycles. The second-order valence-corrected chi connectivity index (χ2v) is 8.15. The second-order valence-electron chi connectivity index (χ2n) is 5.83. The molecule has 2 heterocycles. The largest absolute Gasteiger partial charge is 0.322 e. The van der Waals surface area contributed by atoms with Crippen LogP contribution in [0.5, 0.6) is 0 Å². The number of benzene rings is 1. The molecule has 1 aromatic heterocycles. The minimum absolute atomic E-state index is 0.00701. The fourth-order valence-electron chi connectivity index (χ4n) is 2.67. The number of nitrogens with zero attached hydrogens (tertiary/aromatic N) is 2. The molecule has 26 heavy (non-hydrogen) atoms. The lowest BCUT2D eigenvalue weighted by Crippen LogP contribution is -2.28. The number of pyridine rings is 1. The molecule has 1 aliphatic heterocycles. The van der Waals surface area contributed by atoms with E-state index >= 15 is 0 Å². The van der Waals surface area contributed by atoms with E-state index in [9.17, 15) is 13.2 Å². The maximum Gasteiger partial charge on any atom is 0.248 e. The molecule has 6 nitrogen and oxygen atoms in total. The molecule has 8 heteroatoms. The summed E-state index contributed by atoms with van der Waals surface area (Å²) in [5.74, 6) is -0.387. The van der Waals surface area contributed by atoms with Gasteiger partial charge in [0.2, 0.25) is 15.9 Å². The molecule has 0 atom stereocenters. The van der Waals surface area contributed by atoms with E-state index in [2.05, 4.69) is 10.3 Å². The van der Waals surface area contributed by atoms with Crippen LogP contribution >= 0.6 is 11.6 Å². The zero-order valence-electron chi connectivity index (χ0n) is 13.9. The molecular weight excluding hydrogens is 374 g/mol. The molecule has 2 aromatic rings. The van der Waals surface area contributed by atoms with Crippen LogP contribution < -0.4 is 5.32 Å². The van der Waals surface area contributed by atoms with Crippen molar-refractivity contribution in [3.05, 3.63) is 59.4 Å². The second kappa shape index (κ2) is 7.99. The monoisotopic (exact) mass is 391 g/mol. The third kappa shape index (κ3) is 4.30. The predicted molar refractivity (Wildman–Crippen MR) is 101 cm³/mol. The third-order valence-corrected chi connectivity index (χ3v) is 6.36. The minimum atomic E-state index is -3.66. The van der Waals surface area contributed by atoms with Gasteiger partial charge in [-0.2, -0.15) is 4.31 Å². The summed E-state index contributed by atoms with van der Waals surface area (Å²) >= 11 is 6.10. The maximum atomic E-state index is 12.7. The van der Waals surface area contributed by atoms with E-state index in [-0.39, 0.29) is 15.8 Å². The van der Waals surface area contributed by atoms with E-state index in [0.717, 1.165) is 12.8 Å². The number of carbonyl (C=O) groups is 1. The van der Waals surface area contributed by atoms with Crippen LogP contribution in [-0.2, 0) is 14.8 Å². The van der Waals surface area contributed by atoms with Crippen molar-refractivity contribution in [3.63, 3.8) is 0 Å². The van der Waals surface area contributed by atoms with E-state index in [1.165, 1.54) is 22.5 Å². The Labute approximate surface area is 157 Å². The molecule has 0 radical (unpaired) electrons. The van der Waals surface area contributed by atoms with Gasteiger partial charge in [-0.3, -0.25) is 9.78 Å². The summed E-state index contributed by atoms with van der Waals surface area (Å²) < 4.78 is 26.8. The lowest BCUT2D eigenvalue weighted by Gasteiger charge is -2.17. The maximum absolute atomic E-state index is 12.7. The van der Waals surface area contributed by atoms with E-state index in [0.29, 0.717) is 24.5 Å². The van der Waals surface area contributed by atoms with Gasteiger partial charge in [0, 0.05) is 31.0 Å². The zero-order valence-corrected chi connectivity index (χ0v) is 15.5. The van der Waals surface area contributed by atoms with Crippen LogP contribution in [0.15, 0.2) is 53.6 Å². The van der Waals surface area contributed by atoms with Gasteiger partial charge in [0.25, 0.3) is 0 Å². The van der Waals surface area contributed by atoms with Gasteiger partial charge in [-0.25, -0.2) is 8.42 Å². The quantitative estimate of drug-likeness (QED) is 0.794. The number of hydrogen-bond acceptors (Lipinski definition) is 4. The van der Waals surface area contributed by atoms with Gasteiger partial charge < -0.3 is 5.32 Å². The Morgan fingerprint density at radius 3 is 2.65 bits per heavy atom. The predicted octanol–water partition coefficient (Wildman–Crippen LogP) is 3.17. The first-order valence-corrected chi connectivity index (χ1v) is 9.98. The highest BCUT2D eigenvalue weighted by Gasteiger charge is 2.29. The van der Waals surface area contributed by atoms with Crippen LogP contribution in [0.2, 0.25) is 5.02 Å². The third-order valence-electron chi connectivity index (χ3n) is 3.97. The molecule has 0 aliphatic carbocycles. The number of anilines is 1. The minimum Gasteiger partial charge on any atom is -0.322 e. The standard InChI is InChI=1S/C18H18ClN3O3S/c19-16-8-6-15(13-17(16)26(24,25)22-11-3-4-12-22)21-18(23)9-7-14-5-1-2-10-20-14/h1-2,5-10,13H,3-4,11-12H2,(H,21,23). The molecule has 1 fully saturated rings. The summed E-state index contributed by atoms with van der Waals surface area (Å²) in [5.41, 5.74) is 1.01. The molecule has 1 aromatic carbocycles. The molecule has 1 amide bonds. The Kier molecular flexibility index (Phi) is 5.70. The molecule has 0 spiro atoms. The number of aromatic nitrogens is 1. The number of amides is 1. The van der Waals surface area contributed by atoms with Gasteiger partial charge in [0.1, 0.15) is 4.90 Å². The topological polar surface area (TPSA) is 79.4 Å². The Hall–Kier alpha value is -2.22. The Bertz CT molecular complexity index is 924. The van der Waals surface area contributed by atoms with Gasteiger partial charge in [0.05, 0.1) is 10.7 Å². The van der Waals surface area contributed by atoms with Crippen LogP contribution in [0.4, 0.5) is 5.69 Å². The average molecular weight is 392 g/mol. The molecule has 0 unspecified atom stereocenters. The van der Waals surface area contributed by atoms with E-state index in [4.69, 9.17) is 11.6 Å². The fraction of sp³-hybridized carbons (Fsp3) is 0.222. The van der Waals surface area contributed by atoms with Gasteiger partial charge in [0.15, 0.2) is 0 Å². The fourth-order valence-corrected chi connectivity index (χ4v) is 4.68. The molecule has 3 rings (SSSR count). The van der Waals surface area contributed by atoms with Gasteiger partial charge in [-0.15, -0.1) is 0 Å². The summed E-state index contributed by atoms with van der Waals surface area (Å²) in [6.07, 6.45) is 6.22. The first kappa shape index (κ1) is 18.6. The van der Waals surface area contributed by atoms with Crippen LogP contribution in [0.1, 0.15) is 18.5 Å². The highest BCUT2D eigenvalue weighted by atomic mass is 35.5. The average Bonchev–Trinajstić information content (AvgIpc) is 3.18. The van der Waals surface area contributed by atoms with Crippen molar-refractivity contribution >= 4 is 39.3 Å². The normalized spacial score (nSPS) is 15.4. The summed E-state index contributed by atoms with van der Waals surface area (Å²) in [7, 11) is -3.66. The lowest BCUT2D eigenvalue weighted by molar-refractivity contribution is -0.111. The van der Waals surface area contributed by atoms with Crippen molar-refractivity contribution in [3.8, 4) is 0 Å². The van der Waals surface area contributed by atoms with E-state index < -0.39 is 10.0 Å².